The Bertz CT molecular complexity index is 3160. The van der Waals surface area contributed by atoms with Gasteiger partial charge in [0.1, 0.15) is 0 Å². The highest BCUT2D eigenvalue weighted by Crippen LogP contribution is 2.54. The Balaban J connectivity index is 1.18. The van der Waals surface area contributed by atoms with Crippen LogP contribution >= 0.6 is 0 Å². The Hall–Kier alpha value is -6.76. The lowest BCUT2D eigenvalue weighted by atomic mass is 9.80. The van der Waals surface area contributed by atoms with Gasteiger partial charge in [-0.25, -0.2) is 0 Å². The number of fused-ring (bicyclic) bond motifs is 7. The Labute approximate surface area is 322 Å². The summed E-state index contributed by atoms with van der Waals surface area (Å²) in [5, 5.41) is 10.1. The van der Waals surface area contributed by atoms with E-state index in [1.54, 1.807) is 0 Å². The third-order valence-corrected chi connectivity index (χ3v) is 12.2. The summed E-state index contributed by atoms with van der Waals surface area (Å²) in [5.41, 5.74) is 15.5. The van der Waals surface area contributed by atoms with Crippen LogP contribution in [0.5, 0.6) is 0 Å². The summed E-state index contributed by atoms with van der Waals surface area (Å²) in [6, 6.07) is 72.2. The normalized spacial score (nSPS) is 13.1. The number of hydrogen-bond acceptors (Lipinski definition) is 0. The molecule has 0 heterocycles. The topological polar surface area (TPSA) is 0 Å². The molecule has 0 atom stereocenters. The second-order valence-electron chi connectivity index (χ2n) is 15.6. The second-order valence-corrected chi connectivity index (χ2v) is 15.6. The zero-order valence-electron chi connectivity index (χ0n) is 31.0. The van der Waals surface area contributed by atoms with Crippen molar-refractivity contribution in [2.24, 2.45) is 0 Å². The molecule has 55 heavy (non-hydrogen) atoms. The van der Waals surface area contributed by atoms with Gasteiger partial charge in [0.05, 0.1) is 0 Å². The van der Waals surface area contributed by atoms with Crippen molar-refractivity contribution in [1.29, 1.82) is 0 Å². The maximum Gasteiger partial charge on any atom is 0.0159 e. The highest BCUT2D eigenvalue weighted by atomic mass is 14.4. The third kappa shape index (κ3) is 4.85. The molecule has 0 radical (unpaired) electrons. The Morgan fingerprint density at radius 3 is 1.67 bits per heavy atom. The first-order valence-electron chi connectivity index (χ1n) is 19.3. The number of benzene rings is 10. The van der Waals surface area contributed by atoms with Crippen LogP contribution in [-0.2, 0) is 5.41 Å². The fraction of sp³-hybridized carbons (Fsp3) is 0.0545. The van der Waals surface area contributed by atoms with Gasteiger partial charge in [0.2, 0.25) is 0 Å². The summed E-state index contributed by atoms with van der Waals surface area (Å²) >= 11 is 0. The lowest BCUT2D eigenvalue weighted by Gasteiger charge is -2.23. The molecule has 0 amide bonds. The number of rotatable bonds is 4. The van der Waals surface area contributed by atoms with Gasteiger partial charge in [-0.15, -0.1) is 0 Å². The lowest BCUT2D eigenvalue weighted by molar-refractivity contribution is 0.660. The molecule has 0 N–H and O–H groups in total. The standard InChI is InChI=1S/C55H38/c1-55(2)50-24-11-10-21-47(50)54-48(23-13-25-51(54)55)53-45-20-9-8-19-44(45)52(46-31-30-39(34-49(46)53)35-14-4-3-5-15-35)41-29-27-37-32-40(28-26-38(37)33-41)43-22-12-17-36-16-6-7-18-42(36)43/h3-34H,1-2H3. The van der Waals surface area contributed by atoms with E-state index < -0.39 is 0 Å². The molecular formula is C55H38. The monoisotopic (exact) mass is 698 g/mol. The van der Waals surface area contributed by atoms with E-state index in [0.29, 0.717) is 0 Å². The zero-order chi connectivity index (χ0) is 36.7. The van der Waals surface area contributed by atoms with Gasteiger partial charge in [-0.3, -0.25) is 0 Å². The molecule has 0 saturated heterocycles. The summed E-state index contributed by atoms with van der Waals surface area (Å²) in [4.78, 5) is 0. The molecule has 0 bridgehead atoms. The van der Waals surface area contributed by atoms with E-state index in [0.717, 1.165) is 0 Å². The highest BCUT2D eigenvalue weighted by Gasteiger charge is 2.37. The maximum absolute atomic E-state index is 2.44. The van der Waals surface area contributed by atoms with Crippen LogP contribution in [-0.4, -0.2) is 0 Å². The van der Waals surface area contributed by atoms with Crippen LogP contribution in [0.25, 0.3) is 98.7 Å². The van der Waals surface area contributed by atoms with Gasteiger partial charge in [-0.1, -0.05) is 190 Å². The van der Waals surface area contributed by atoms with Crippen molar-refractivity contribution in [3.63, 3.8) is 0 Å². The van der Waals surface area contributed by atoms with Crippen molar-refractivity contribution in [3.8, 4) is 55.6 Å². The second kappa shape index (κ2) is 12.1. The SMILES string of the molecule is CC1(C)c2ccccc2-c2c(-c3c4ccccc4c(-c4ccc5cc(-c6cccc7ccccc67)ccc5c4)c4ccc(-c5ccccc5)cc34)cccc21. The van der Waals surface area contributed by atoms with Crippen LogP contribution in [0.2, 0.25) is 0 Å². The Kier molecular flexibility index (Phi) is 7.00. The van der Waals surface area contributed by atoms with Crippen molar-refractivity contribution >= 4 is 43.1 Å². The highest BCUT2D eigenvalue weighted by molar-refractivity contribution is 6.23. The largest absolute Gasteiger partial charge is 0.0622 e. The first-order valence-corrected chi connectivity index (χ1v) is 19.3. The van der Waals surface area contributed by atoms with Gasteiger partial charge in [0.25, 0.3) is 0 Å². The summed E-state index contributed by atoms with van der Waals surface area (Å²) in [5.74, 6) is 0. The molecule has 0 spiro atoms. The van der Waals surface area contributed by atoms with Gasteiger partial charge < -0.3 is 0 Å². The van der Waals surface area contributed by atoms with E-state index >= 15 is 0 Å². The van der Waals surface area contributed by atoms with Gasteiger partial charge in [0.15, 0.2) is 0 Å². The molecular weight excluding hydrogens is 661 g/mol. The Morgan fingerprint density at radius 1 is 0.273 bits per heavy atom. The fourth-order valence-corrected chi connectivity index (χ4v) is 9.60. The van der Waals surface area contributed by atoms with Gasteiger partial charge >= 0.3 is 0 Å². The van der Waals surface area contributed by atoms with Crippen LogP contribution in [0.1, 0.15) is 25.0 Å². The smallest absolute Gasteiger partial charge is 0.0159 e. The average molecular weight is 699 g/mol. The van der Waals surface area contributed by atoms with Gasteiger partial charge in [-0.2, -0.15) is 0 Å². The van der Waals surface area contributed by atoms with E-state index in [9.17, 15) is 0 Å². The molecule has 0 saturated carbocycles. The molecule has 0 aromatic heterocycles. The lowest BCUT2D eigenvalue weighted by Crippen LogP contribution is -2.14. The molecule has 0 fully saturated rings. The van der Waals surface area contributed by atoms with Crippen LogP contribution in [0.15, 0.2) is 194 Å². The first-order chi connectivity index (χ1) is 27.0. The van der Waals surface area contributed by atoms with Gasteiger partial charge in [-0.05, 0) is 128 Å². The van der Waals surface area contributed by atoms with E-state index in [-0.39, 0.29) is 5.41 Å². The summed E-state index contributed by atoms with van der Waals surface area (Å²) in [7, 11) is 0. The summed E-state index contributed by atoms with van der Waals surface area (Å²) in [6.45, 7) is 4.75. The molecule has 0 aliphatic heterocycles. The minimum atomic E-state index is -0.0821. The van der Waals surface area contributed by atoms with E-state index in [4.69, 9.17) is 0 Å². The van der Waals surface area contributed by atoms with Crippen LogP contribution in [0, 0.1) is 0 Å². The number of hydrogen-bond donors (Lipinski definition) is 0. The predicted octanol–water partition coefficient (Wildman–Crippen LogP) is 15.3. The minimum Gasteiger partial charge on any atom is -0.0622 e. The van der Waals surface area contributed by atoms with Crippen molar-refractivity contribution in [1.82, 2.24) is 0 Å². The zero-order valence-corrected chi connectivity index (χ0v) is 31.0. The first kappa shape index (κ1) is 31.7. The Morgan fingerprint density at radius 2 is 0.836 bits per heavy atom. The molecule has 0 unspecified atom stereocenters. The summed E-state index contributed by atoms with van der Waals surface area (Å²) in [6.07, 6.45) is 0. The van der Waals surface area contributed by atoms with Crippen molar-refractivity contribution in [3.05, 3.63) is 205 Å². The summed E-state index contributed by atoms with van der Waals surface area (Å²) < 4.78 is 0. The molecule has 11 rings (SSSR count). The fourth-order valence-electron chi connectivity index (χ4n) is 9.60. The van der Waals surface area contributed by atoms with E-state index in [1.165, 1.54) is 110 Å². The predicted molar refractivity (Wildman–Crippen MR) is 236 cm³/mol. The maximum atomic E-state index is 2.44. The van der Waals surface area contributed by atoms with Gasteiger partial charge in [0, 0.05) is 5.41 Å². The average Bonchev–Trinajstić information content (AvgIpc) is 3.48. The molecule has 1 aliphatic carbocycles. The molecule has 1 aliphatic rings. The van der Waals surface area contributed by atoms with Crippen molar-refractivity contribution < 1.29 is 0 Å². The van der Waals surface area contributed by atoms with Crippen LogP contribution in [0.3, 0.4) is 0 Å². The van der Waals surface area contributed by atoms with Crippen molar-refractivity contribution in [2.45, 2.75) is 19.3 Å². The molecule has 10 aromatic rings. The van der Waals surface area contributed by atoms with Crippen LogP contribution in [0.4, 0.5) is 0 Å². The van der Waals surface area contributed by atoms with Crippen molar-refractivity contribution in [2.75, 3.05) is 0 Å². The molecule has 0 nitrogen and oxygen atoms in total. The molecule has 258 valence electrons. The molecule has 10 aromatic carbocycles. The van der Waals surface area contributed by atoms with Crippen LogP contribution < -0.4 is 0 Å². The minimum absolute atomic E-state index is 0.0821. The quantitative estimate of drug-likeness (QED) is 0.161. The third-order valence-electron chi connectivity index (χ3n) is 12.2. The van der Waals surface area contributed by atoms with E-state index in [2.05, 4.69) is 208 Å². The molecule has 0 heteroatoms. The van der Waals surface area contributed by atoms with E-state index in [1.807, 2.05) is 0 Å².